The Morgan fingerprint density at radius 2 is 1.78 bits per heavy atom. The largest absolute Gasteiger partial charge is 0.493 e. The fraction of sp³-hybridized carbons (Fsp3) is 0.227. The van der Waals surface area contributed by atoms with Crippen molar-refractivity contribution in [1.29, 1.82) is 0 Å². The Morgan fingerprint density at radius 1 is 0.963 bits per heavy atom. The van der Waals surface area contributed by atoms with Crippen molar-refractivity contribution < 1.29 is 14.3 Å². The van der Waals surface area contributed by atoms with Crippen LogP contribution < -0.4 is 20.1 Å². The van der Waals surface area contributed by atoms with Crippen LogP contribution in [-0.4, -0.2) is 26.3 Å². The zero-order valence-corrected chi connectivity index (χ0v) is 15.6. The summed E-state index contributed by atoms with van der Waals surface area (Å²) in [5.41, 5.74) is 1.84. The molecule has 5 heteroatoms. The molecule has 0 unspecified atom stereocenters. The maximum absolute atomic E-state index is 12.1. The quantitative estimate of drug-likeness (QED) is 0.643. The van der Waals surface area contributed by atoms with Crippen molar-refractivity contribution >= 4 is 22.5 Å². The highest BCUT2D eigenvalue weighted by atomic mass is 16.5. The summed E-state index contributed by atoms with van der Waals surface area (Å²) in [6, 6.07) is 19.5. The molecule has 5 nitrogen and oxygen atoms in total. The monoisotopic (exact) mass is 364 g/mol. The highest BCUT2D eigenvalue weighted by molar-refractivity contribution is 5.93. The maximum Gasteiger partial charge on any atom is 0.319 e. The van der Waals surface area contributed by atoms with Gasteiger partial charge in [-0.05, 0) is 53.9 Å². The topological polar surface area (TPSA) is 59.6 Å². The fourth-order valence-electron chi connectivity index (χ4n) is 2.90. The van der Waals surface area contributed by atoms with Gasteiger partial charge >= 0.3 is 6.03 Å². The van der Waals surface area contributed by atoms with E-state index in [0.29, 0.717) is 25.3 Å². The van der Waals surface area contributed by atoms with Gasteiger partial charge < -0.3 is 20.1 Å². The van der Waals surface area contributed by atoms with E-state index in [1.54, 1.807) is 7.11 Å². The molecular weight excluding hydrogens is 340 g/mol. The Morgan fingerprint density at radius 3 is 2.56 bits per heavy atom. The summed E-state index contributed by atoms with van der Waals surface area (Å²) in [6.45, 7) is 3.05. The minimum atomic E-state index is -0.219. The Balaban J connectivity index is 1.53. The maximum atomic E-state index is 12.1. The van der Waals surface area contributed by atoms with Crippen LogP contribution in [0.15, 0.2) is 60.7 Å². The van der Waals surface area contributed by atoms with Crippen LogP contribution in [0.2, 0.25) is 0 Å². The van der Waals surface area contributed by atoms with Crippen molar-refractivity contribution in [2.75, 3.05) is 25.6 Å². The lowest BCUT2D eigenvalue weighted by Crippen LogP contribution is -2.30. The number of rotatable bonds is 7. The van der Waals surface area contributed by atoms with Gasteiger partial charge in [0.05, 0.1) is 13.7 Å². The standard InChI is InChI=1S/C22H24N2O3/c1-3-27-20-11-8-16(14-21(20)26-2)12-13-23-22(25)24-19-10-9-17-6-4-5-7-18(17)15-19/h4-11,14-15H,3,12-13H2,1-2H3,(H2,23,24,25). The molecule has 3 rings (SSSR count). The number of urea groups is 1. The summed E-state index contributed by atoms with van der Waals surface area (Å²) in [5, 5.41) is 8.00. The Bertz CT molecular complexity index is 924. The van der Waals surface area contributed by atoms with Gasteiger partial charge in [0.25, 0.3) is 0 Å². The second kappa shape index (κ2) is 8.94. The first-order valence-corrected chi connectivity index (χ1v) is 9.03. The normalized spacial score (nSPS) is 10.4. The minimum absolute atomic E-state index is 0.219. The molecule has 0 saturated heterocycles. The van der Waals surface area contributed by atoms with Gasteiger partial charge in [0.2, 0.25) is 0 Å². The molecule has 3 aromatic carbocycles. The van der Waals surface area contributed by atoms with E-state index < -0.39 is 0 Å². The van der Waals surface area contributed by atoms with Crippen molar-refractivity contribution in [2.24, 2.45) is 0 Å². The second-order valence-electron chi connectivity index (χ2n) is 6.11. The van der Waals surface area contributed by atoms with Crippen LogP contribution in [0.1, 0.15) is 12.5 Å². The number of carbonyl (C=O) groups is 1. The molecule has 0 saturated carbocycles. The molecule has 0 bridgehead atoms. The van der Waals surface area contributed by atoms with E-state index in [2.05, 4.69) is 10.6 Å². The molecule has 0 aromatic heterocycles. The fourth-order valence-corrected chi connectivity index (χ4v) is 2.90. The van der Waals surface area contributed by atoms with Crippen molar-refractivity contribution in [3.8, 4) is 11.5 Å². The summed E-state index contributed by atoms with van der Waals surface area (Å²) >= 11 is 0. The number of methoxy groups -OCH3 is 1. The summed E-state index contributed by atoms with van der Waals surface area (Å²) < 4.78 is 10.9. The Labute approximate surface area is 159 Å². The average Bonchev–Trinajstić information content (AvgIpc) is 2.69. The van der Waals surface area contributed by atoms with E-state index in [4.69, 9.17) is 9.47 Å². The molecule has 140 valence electrons. The molecular formula is C22H24N2O3. The van der Waals surface area contributed by atoms with Gasteiger partial charge in [0.1, 0.15) is 0 Å². The van der Waals surface area contributed by atoms with Crippen LogP contribution in [0, 0.1) is 0 Å². The van der Waals surface area contributed by atoms with E-state index in [1.165, 1.54) is 0 Å². The third kappa shape index (κ3) is 4.91. The molecule has 0 spiro atoms. The number of benzene rings is 3. The molecule has 27 heavy (non-hydrogen) atoms. The highest BCUT2D eigenvalue weighted by Crippen LogP contribution is 2.28. The lowest BCUT2D eigenvalue weighted by Gasteiger charge is -2.12. The lowest BCUT2D eigenvalue weighted by molar-refractivity contribution is 0.252. The molecule has 0 aliphatic heterocycles. The number of nitrogens with one attached hydrogen (secondary N) is 2. The van der Waals surface area contributed by atoms with Crippen LogP contribution in [0.4, 0.5) is 10.5 Å². The first-order valence-electron chi connectivity index (χ1n) is 9.03. The van der Waals surface area contributed by atoms with Crippen molar-refractivity contribution in [3.63, 3.8) is 0 Å². The Kier molecular flexibility index (Phi) is 6.15. The van der Waals surface area contributed by atoms with E-state index in [1.807, 2.05) is 67.6 Å². The van der Waals surface area contributed by atoms with Crippen LogP contribution in [0.25, 0.3) is 10.8 Å². The van der Waals surface area contributed by atoms with E-state index in [-0.39, 0.29) is 6.03 Å². The number of fused-ring (bicyclic) bond motifs is 1. The molecule has 0 heterocycles. The van der Waals surface area contributed by atoms with Gasteiger partial charge in [0.15, 0.2) is 11.5 Å². The summed E-state index contributed by atoms with van der Waals surface area (Å²) in [6.07, 6.45) is 0.702. The smallest absolute Gasteiger partial charge is 0.319 e. The number of hydrogen-bond donors (Lipinski definition) is 2. The van der Waals surface area contributed by atoms with Crippen molar-refractivity contribution in [1.82, 2.24) is 5.32 Å². The van der Waals surface area contributed by atoms with Crippen molar-refractivity contribution in [3.05, 3.63) is 66.2 Å². The number of anilines is 1. The number of carbonyl (C=O) groups excluding carboxylic acids is 1. The molecule has 0 atom stereocenters. The van der Waals surface area contributed by atoms with Crippen LogP contribution in [0.5, 0.6) is 11.5 Å². The van der Waals surface area contributed by atoms with Gasteiger partial charge in [-0.15, -0.1) is 0 Å². The second-order valence-corrected chi connectivity index (χ2v) is 6.11. The van der Waals surface area contributed by atoms with Gasteiger partial charge in [-0.2, -0.15) is 0 Å². The molecule has 2 amide bonds. The first kappa shape index (κ1) is 18.6. The Hall–Kier alpha value is -3.21. The molecule has 0 fully saturated rings. The number of amides is 2. The molecule has 0 aliphatic rings. The lowest BCUT2D eigenvalue weighted by atomic mass is 10.1. The van der Waals surface area contributed by atoms with Crippen LogP contribution in [-0.2, 0) is 6.42 Å². The van der Waals surface area contributed by atoms with Gasteiger partial charge in [-0.1, -0.05) is 36.4 Å². The highest BCUT2D eigenvalue weighted by Gasteiger charge is 2.06. The van der Waals surface area contributed by atoms with Crippen LogP contribution in [0.3, 0.4) is 0 Å². The van der Waals surface area contributed by atoms with E-state index >= 15 is 0 Å². The van der Waals surface area contributed by atoms with Gasteiger partial charge in [-0.25, -0.2) is 4.79 Å². The summed E-state index contributed by atoms with van der Waals surface area (Å²) in [7, 11) is 1.62. The van der Waals surface area contributed by atoms with Crippen LogP contribution >= 0.6 is 0 Å². The zero-order chi connectivity index (χ0) is 19.1. The third-order valence-corrected chi connectivity index (χ3v) is 4.23. The first-order chi connectivity index (χ1) is 13.2. The summed E-state index contributed by atoms with van der Waals surface area (Å²) in [5.74, 6) is 1.43. The molecule has 3 aromatic rings. The number of hydrogen-bond acceptors (Lipinski definition) is 3. The predicted octanol–water partition coefficient (Wildman–Crippen LogP) is 4.61. The van der Waals surface area contributed by atoms with Crippen molar-refractivity contribution in [2.45, 2.75) is 13.3 Å². The number of ether oxygens (including phenoxy) is 2. The average molecular weight is 364 g/mol. The zero-order valence-electron chi connectivity index (χ0n) is 15.6. The van der Waals surface area contributed by atoms with E-state index in [0.717, 1.165) is 27.8 Å². The SMILES string of the molecule is CCOc1ccc(CCNC(=O)Nc2ccc3ccccc3c2)cc1OC. The molecule has 2 N–H and O–H groups in total. The third-order valence-electron chi connectivity index (χ3n) is 4.23. The van der Waals surface area contributed by atoms with Gasteiger partial charge in [0, 0.05) is 12.2 Å². The van der Waals surface area contributed by atoms with E-state index in [9.17, 15) is 4.79 Å². The minimum Gasteiger partial charge on any atom is -0.493 e. The molecule has 0 radical (unpaired) electrons. The molecule has 0 aliphatic carbocycles. The summed E-state index contributed by atoms with van der Waals surface area (Å²) in [4.78, 5) is 12.1. The predicted molar refractivity (Wildman–Crippen MR) is 109 cm³/mol. The van der Waals surface area contributed by atoms with Gasteiger partial charge in [-0.3, -0.25) is 0 Å².